The third kappa shape index (κ3) is 4.01. The number of ether oxygens (including phenoxy) is 1. The second-order valence-electron chi connectivity index (χ2n) is 5.78. The standard InChI is InChI=1S/C15H19Br2N3O/c1-15(2,3)20-9-10(8-19-20)7-18-13-6-14(21-4)12(17)5-11(13)16/h5-6,8-9,18H,7H2,1-4H3. The molecule has 0 unspecified atom stereocenters. The van der Waals surface area contributed by atoms with Crippen molar-refractivity contribution in [2.75, 3.05) is 12.4 Å². The molecule has 1 heterocycles. The maximum atomic E-state index is 5.32. The number of aromatic nitrogens is 2. The molecule has 0 aliphatic rings. The summed E-state index contributed by atoms with van der Waals surface area (Å²) in [7, 11) is 1.66. The lowest BCUT2D eigenvalue weighted by molar-refractivity contribution is 0.355. The van der Waals surface area contributed by atoms with Crippen molar-refractivity contribution in [1.82, 2.24) is 9.78 Å². The average Bonchev–Trinajstić information content (AvgIpc) is 2.86. The third-order valence-electron chi connectivity index (χ3n) is 3.05. The second-order valence-corrected chi connectivity index (χ2v) is 7.49. The summed E-state index contributed by atoms with van der Waals surface area (Å²) in [5.41, 5.74) is 2.12. The molecule has 0 amide bonds. The summed E-state index contributed by atoms with van der Waals surface area (Å²) >= 11 is 7.02. The van der Waals surface area contributed by atoms with Crippen LogP contribution in [0.4, 0.5) is 5.69 Å². The molecule has 0 saturated carbocycles. The van der Waals surface area contributed by atoms with Gasteiger partial charge in [-0.1, -0.05) is 0 Å². The van der Waals surface area contributed by atoms with Gasteiger partial charge in [-0.05, 0) is 58.7 Å². The quantitative estimate of drug-likeness (QED) is 0.779. The molecular weight excluding hydrogens is 398 g/mol. The first kappa shape index (κ1) is 16.4. The first-order valence-electron chi connectivity index (χ1n) is 6.62. The molecule has 21 heavy (non-hydrogen) atoms. The van der Waals surface area contributed by atoms with Crippen molar-refractivity contribution in [2.24, 2.45) is 0 Å². The summed E-state index contributed by atoms with van der Waals surface area (Å²) in [5, 5.41) is 7.80. The van der Waals surface area contributed by atoms with Gasteiger partial charge in [-0.2, -0.15) is 5.10 Å². The van der Waals surface area contributed by atoms with Crippen LogP contribution < -0.4 is 10.1 Å². The van der Waals surface area contributed by atoms with Crippen molar-refractivity contribution in [1.29, 1.82) is 0 Å². The zero-order valence-corrected chi connectivity index (χ0v) is 15.7. The van der Waals surface area contributed by atoms with E-state index in [9.17, 15) is 0 Å². The Balaban J connectivity index is 2.11. The van der Waals surface area contributed by atoms with Crippen LogP contribution in [0.15, 0.2) is 33.5 Å². The summed E-state index contributed by atoms with van der Waals surface area (Å²) < 4.78 is 9.19. The van der Waals surface area contributed by atoms with Gasteiger partial charge in [-0.25, -0.2) is 0 Å². The Bertz CT molecular complexity index is 632. The van der Waals surface area contributed by atoms with Crippen LogP contribution in [0.2, 0.25) is 0 Å². The van der Waals surface area contributed by atoms with E-state index in [1.165, 1.54) is 0 Å². The van der Waals surface area contributed by atoms with E-state index in [0.29, 0.717) is 6.54 Å². The van der Waals surface area contributed by atoms with Crippen molar-refractivity contribution < 1.29 is 4.74 Å². The molecule has 1 aromatic heterocycles. The predicted octanol–water partition coefficient (Wildman–Crippen LogP) is 4.78. The minimum atomic E-state index is -0.000333. The maximum Gasteiger partial charge on any atom is 0.135 e. The molecule has 1 N–H and O–H groups in total. The largest absolute Gasteiger partial charge is 0.495 e. The van der Waals surface area contributed by atoms with Gasteiger partial charge in [0.1, 0.15) is 5.75 Å². The summed E-state index contributed by atoms with van der Waals surface area (Å²) in [5.74, 6) is 0.797. The molecule has 6 heteroatoms. The number of benzene rings is 1. The minimum Gasteiger partial charge on any atom is -0.495 e. The molecule has 0 spiro atoms. The summed E-state index contributed by atoms with van der Waals surface area (Å²) in [6, 6.07) is 3.93. The monoisotopic (exact) mass is 415 g/mol. The van der Waals surface area contributed by atoms with Gasteiger partial charge in [0.05, 0.1) is 29.0 Å². The van der Waals surface area contributed by atoms with E-state index in [1.807, 2.05) is 23.0 Å². The van der Waals surface area contributed by atoms with Crippen LogP contribution in [0.1, 0.15) is 26.3 Å². The predicted molar refractivity (Wildman–Crippen MR) is 92.9 cm³/mol. The number of rotatable bonds is 4. The first-order chi connectivity index (χ1) is 9.81. The van der Waals surface area contributed by atoms with Gasteiger partial charge in [0, 0.05) is 28.8 Å². The van der Waals surface area contributed by atoms with E-state index < -0.39 is 0 Å². The fourth-order valence-electron chi connectivity index (χ4n) is 1.84. The van der Waals surface area contributed by atoms with E-state index in [-0.39, 0.29) is 5.54 Å². The van der Waals surface area contributed by atoms with Gasteiger partial charge < -0.3 is 10.1 Å². The summed E-state index contributed by atoms with van der Waals surface area (Å²) in [4.78, 5) is 0. The molecule has 0 fully saturated rings. The molecule has 0 aliphatic heterocycles. The van der Waals surface area contributed by atoms with Crippen LogP contribution >= 0.6 is 31.9 Å². The van der Waals surface area contributed by atoms with Crippen LogP contribution in [0.3, 0.4) is 0 Å². The summed E-state index contributed by atoms with van der Waals surface area (Å²) in [6.45, 7) is 7.10. The maximum absolute atomic E-state index is 5.32. The van der Waals surface area contributed by atoms with Crippen molar-refractivity contribution in [2.45, 2.75) is 32.9 Å². The first-order valence-corrected chi connectivity index (χ1v) is 8.21. The molecule has 0 atom stereocenters. The molecule has 2 aromatic rings. The van der Waals surface area contributed by atoms with Gasteiger partial charge in [-0.3, -0.25) is 4.68 Å². The molecular formula is C15H19Br2N3O. The highest BCUT2D eigenvalue weighted by Crippen LogP contribution is 2.34. The summed E-state index contributed by atoms with van der Waals surface area (Å²) in [6.07, 6.45) is 3.96. The topological polar surface area (TPSA) is 39.1 Å². The Labute approximate surface area is 142 Å². The molecule has 114 valence electrons. The zero-order chi connectivity index (χ0) is 15.6. The van der Waals surface area contributed by atoms with Crippen molar-refractivity contribution in [3.63, 3.8) is 0 Å². The molecule has 0 bridgehead atoms. The van der Waals surface area contributed by atoms with Crippen molar-refractivity contribution >= 4 is 37.5 Å². The zero-order valence-electron chi connectivity index (χ0n) is 12.6. The lowest BCUT2D eigenvalue weighted by Crippen LogP contribution is -2.21. The number of anilines is 1. The van der Waals surface area contributed by atoms with E-state index in [1.54, 1.807) is 7.11 Å². The number of hydrogen-bond donors (Lipinski definition) is 1. The normalized spacial score (nSPS) is 11.5. The van der Waals surface area contributed by atoms with E-state index in [0.717, 1.165) is 25.9 Å². The van der Waals surface area contributed by atoms with Gasteiger partial charge in [0.25, 0.3) is 0 Å². The second kappa shape index (κ2) is 6.40. The molecule has 0 radical (unpaired) electrons. The smallest absolute Gasteiger partial charge is 0.135 e. The lowest BCUT2D eigenvalue weighted by Gasteiger charge is -2.18. The third-order valence-corrected chi connectivity index (χ3v) is 4.32. The Kier molecular flexibility index (Phi) is 4.99. The Morgan fingerprint density at radius 2 is 1.95 bits per heavy atom. The number of halogens is 2. The van der Waals surface area contributed by atoms with Crippen LogP contribution in [-0.2, 0) is 12.1 Å². The van der Waals surface area contributed by atoms with Crippen LogP contribution in [-0.4, -0.2) is 16.9 Å². The van der Waals surface area contributed by atoms with Crippen LogP contribution in [0.5, 0.6) is 5.75 Å². The van der Waals surface area contributed by atoms with Crippen LogP contribution in [0, 0.1) is 0 Å². The SMILES string of the molecule is COc1cc(NCc2cnn(C(C)(C)C)c2)c(Br)cc1Br. The average molecular weight is 417 g/mol. The van der Waals surface area contributed by atoms with Gasteiger partial charge >= 0.3 is 0 Å². The molecule has 2 rings (SSSR count). The lowest BCUT2D eigenvalue weighted by atomic mass is 10.1. The highest BCUT2D eigenvalue weighted by molar-refractivity contribution is 9.11. The van der Waals surface area contributed by atoms with Crippen LogP contribution in [0.25, 0.3) is 0 Å². The number of hydrogen-bond acceptors (Lipinski definition) is 3. The fraction of sp³-hybridized carbons (Fsp3) is 0.400. The fourth-order valence-corrected chi connectivity index (χ4v) is 3.13. The molecule has 1 aromatic carbocycles. The molecule has 4 nitrogen and oxygen atoms in total. The Hall–Kier alpha value is -1.01. The number of methoxy groups -OCH3 is 1. The Morgan fingerprint density at radius 3 is 2.52 bits per heavy atom. The van der Waals surface area contributed by atoms with Gasteiger partial charge in [0.15, 0.2) is 0 Å². The number of nitrogens with zero attached hydrogens (tertiary/aromatic N) is 2. The molecule has 0 saturated heterocycles. The van der Waals surface area contributed by atoms with Gasteiger partial charge in [-0.15, -0.1) is 0 Å². The Morgan fingerprint density at radius 1 is 1.24 bits per heavy atom. The highest BCUT2D eigenvalue weighted by Gasteiger charge is 2.14. The molecule has 0 aliphatic carbocycles. The van der Waals surface area contributed by atoms with Crippen molar-refractivity contribution in [3.05, 3.63) is 39.0 Å². The van der Waals surface area contributed by atoms with E-state index in [4.69, 9.17) is 4.74 Å². The number of nitrogens with one attached hydrogen (secondary N) is 1. The highest BCUT2D eigenvalue weighted by atomic mass is 79.9. The van der Waals surface area contributed by atoms with E-state index >= 15 is 0 Å². The minimum absolute atomic E-state index is 0.000333. The van der Waals surface area contributed by atoms with E-state index in [2.05, 4.69) is 69.2 Å². The van der Waals surface area contributed by atoms with Crippen molar-refractivity contribution in [3.8, 4) is 5.75 Å². The van der Waals surface area contributed by atoms with Gasteiger partial charge in [0.2, 0.25) is 0 Å².